The molecule has 3 nitrogen and oxygen atoms in total. The van der Waals surface area contributed by atoms with E-state index in [1.54, 1.807) is 19.1 Å². The lowest BCUT2D eigenvalue weighted by Crippen LogP contribution is -2.31. The minimum atomic E-state index is -0.551. The Bertz CT molecular complexity index is 331. The van der Waals surface area contributed by atoms with Crippen LogP contribution in [0.3, 0.4) is 0 Å². The summed E-state index contributed by atoms with van der Waals surface area (Å²) in [5.41, 5.74) is 0.540. The second kappa shape index (κ2) is 6.45. The number of ether oxygens (including phenoxy) is 1. The predicted molar refractivity (Wildman–Crippen MR) is 61.2 cm³/mol. The molecule has 0 spiro atoms. The van der Waals surface area contributed by atoms with E-state index in [1.165, 1.54) is 6.07 Å². The van der Waals surface area contributed by atoms with Crippen LogP contribution >= 0.6 is 0 Å². The molecule has 16 heavy (non-hydrogen) atoms. The normalized spacial score (nSPS) is 12.5. The van der Waals surface area contributed by atoms with Crippen molar-refractivity contribution in [1.82, 2.24) is 5.32 Å². The van der Waals surface area contributed by atoms with Gasteiger partial charge in [0.05, 0.1) is 0 Å². The summed E-state index contributed by atoms with van der Waals surface area (Å²) in [4.78, 5) is 0. The third-order valence-corrected chi connectivity index (χ3v) is 2.20. The summed E-state index contributed by atoms with van der Waals surface area (Å²) in [5.74, 6) is 0.329. The first-order valence-electron chi connectivity index (χ1n) is 5.41. The van der Waals surface area contributed by atoms with Gasteiger partial charge in [-0.25, -0.2) is 4.39 Å². The highest BCUT2D eigenvalue weighted by molar-refractivity contribution is 5.28. The number of aliphatic hydroxyl groups is 1. The predicted octanol–water partition coefficient (Wildman–Crippen LogP) is 1.48. The molecule has 0 heterocycles. The largest absolute Gasteiger partial charge is 0.491 e. The van der Waals surface area contributed by atoms with Crippen LogP contribution in [-0.2, 0) is 0 Å². The maximum absolute atomic E-state index is 12.9. The number of aliphatic hydroxyl groups excluding tert-OH is 1. The van der Waals surface area contributed by atoms with Gasteiger partial charge in [0, 0.05) is 6.54 Å². The second-order valence-corrected chi connectivity index (χ2v) is 3.68. The first kappa shape index (κ1) is 12.9. The fourth-order valence-electron chi connectivity index (χ4n) is 1.27. The first-order chi connectivity index (χ1) is 7.63. The van der Waals surface area contributed by atoms with Gasteiger partial charge < -0.3 is 15.2 Å². The van der Waals surface area contributed by atoms with Gasteiger partial charge in [0.25, 0.3) is 0 Å². The lowest BCUT2D eigenvalue weighted by molar-refractivity contribution is 0.107. The van der Waals surface area contributed by atoms with E-state index in [-0.39, 0.29) is 12.4 Å². The molecular formula is C12H18FNO2. The van der Waals surface area contributed by atoms with Crippen LogP contribution in [0.25, 0.3) is 0 Å². The zero-order valence-corrected chi connectivity index (χ0v) is 9.66. The minimum Gasteiger partial charge on any atom is -0.491 e. The number of rotatable bonds is 6. The average Bonchev–Trinajstić information content (AvgIpc) is 2.28. The Balaban J connectivity index is 2.39. The van der Waals surface area contributed by atoms with Gasteiger partial charge in [0.15, 0.2) is 0 Å². The van der Waals surface area contributed by atoms with Crippen LogP contribution in [0.5, 0.6) is 5.75 Å². The molecule has 0 saturated heterocycles. The highest BCUT2D eigenvalue weighted by Crippen LogP contribution is 2.15. The number of aryl methyl sites for hydroxylation is 1. The van der Waals surface area contributed by atoms with E-state index in [0.29, 0.717) is 17.9 Å². The van der Waals surface area contributed by atoms with Gasteiger partial charge in [-0.3, -0.25) is 0 Å². The Morgan fingerprint density at radius 1 is 1.50 bits per heavy atom. The third kappa shape index (κ3) is 4.16. The van der Waals surface area contributed by atoms with E-state index < -0.39 is 6.10 Å². The van der Waals surface area contributed by atoms with Gasteiger partial charge >= 0.3 is 0 Å². The Labute approximate surface area is 95.2 Å². The van der Waals surface area contributed by atoms with E-state index in [0.717, 1.165) is 6.54 Å². The molecule has 2 N–H and O–H groups in total. The number of likely N-dealkylation sites (N-methyl/N-ethyl adjacent to an activating group) is 1. The summed E-state index contributed by atoms with van der Waals surface area (Å²) in [6.07, 6.45) is -0.551. The highest BCUT2D eigenvalue weighted by Gasteiger charge is 2.05. The van der Waals surface area contributed by atoms with Gasteiger partial charge in [-0.15, -0.1) is 0 Å². The topological polar surface area (TPSA) is 41.5 Å². The van der Waals surface area contributed by atoms with E-state index in [1.807, 2.05) is 6.92 Å². The van der Waals surface area contributed by atoms with Crippen molar-refractivity contribution in [2.45, 2.75) is 20.0 Å². The quantitative estimate of drug-likeness (QED) is 0.773. The van der Waals surface area contributed by atoms with Gasteiger partial charge in [-0.2, -0.15) is 0 Å². The molecule has 4 heteroatoms. The molecule has 0 aliphatic carbocycles. The summed E-state index contributed by atoms with van der Waals surface area (Å²) >= 11 is 0. The zero-order valence-electron chi connectivity index (χ0n) is 9.66. The van der Waals surface area contributed by atoms with Gasteiger partial charge in [-0.1, -0.05) is 6.92 Å². The Hall–Kier alpha value is -1.13. The van der Waals surface area contributed by atoms with Crippen LogP contribution in [-0.4, -0.2) is 30.9 Å². The minimum absolute atomic E-state index is 0.206. The molecule has 0 saturated carbocycles. The summed E-state index contributed by atoms with van der Waals surface area (Å²) in [5, 5.41) is 12.5. The molecule has 0 fully saturated rings. The Morgan fingerprint density at radius 3 is 2.88 bits per heavy atom. The zero-order chi connectivity index (χ0) is 12.0. The van der Waals surface area contributed by atoms with Crippen LogP contribution in [0.15, 0.2) is 18.2 Å². The van der Waals surface area contributed by atoms with Crippen LogP contribution in [0.2, 0.25) is 0 Å². The van der Waals surface area contributed by atoms with Crippen LogP contribution in [0, 0.1) is 12.7 Å². The number of benzene rings is 1. The van der Waals surface area contributed by atoms with Crippen molar-refractivity contribution >= 4 is 0 Å². The van der Waals surface area contributed by atoms with E-state index in [9.17, 15) is 9.50 Å². The molecule has 90 valence electrons. The van der Waals surface area contributed by atoms with Crippen LogP contribution in [0.1, 0.15) is 12.5 Å². The van der Waals surface area contributed by atoms with E-state index in [2.05, 4.69) is 5.32 Å². The van der Waals surface area contributed by atoms with E-state index in [4.69, 9.17) is 4.74 Å². The van der Waals surface area contributed by atoms with Crippen molar-refractivity contribution in [3.8, 4) is 5.75 Å². The molecule has 0 radical (unpaired) electrons. The average molecular weight is 227 g/mol. The molecular weight excluding hydrogens is 209 g/mol. The summed E-state index contributed by atoms with van der Waals surface area (Å²) in [6.45, 7) is 5.16. The smallest absolute Gasteiger partial charge is 0.126 e. The molecule has 1 atom stereocenters. The molecule has 1 rings (SSSR count). The number of hydrogen-bond acceptors (Lipinski definition) is 3. The highest BCUT2D eigenvalue weighted by atomic mass is 19.1. The monoisotopic (exact) mass is 227 g/mol. The molecule has 0 amide bonds. The number of hydrogen-bond donors (Lipinski definition) is 2. The molecule has 1 aromatic rings. The second-order valence-electron chi connectivity index (χ2n) is 3.68. The third-order valence-electron chi connectivity index (χ3n) is 2.20. The summed E-state index contributed by atoms with van der Waals surface area (Å²) in [6, 6.07) is 4.54. The van der Waals surface area contributed by atoms with Crippen molar-refractivity contribution in [1.29, 1.82) is 0 Å². The van der Waals surface area contributed by atoms with Gasteiger partial charge in [0.1, 0.15) is 24.3 Å². The summed E-state index contributed by atoms with van der Waals surface area (Å²) < 4.78 is 18.3. The number of nitrogens with one attached hydrogen (secondary N) is 1. The van der Waals surface area contributed by atoms with Crippen LogP contribution < -0.4 is 10.1 Å². The Kier molecular flexibility index (Phi) is 5.22. The summed E-state index contributed by atoms with van der Waals surface area (Å²) in [7, 11) is 0. The lowest BCUT2D eigenvalue weighted by Gasteiger charge is -2.12. The molecule has 1 unspecified atom stereocenters. The van der Waals surface area contributed by atoms with Gasteiger partial charge in [0.2, 0.25) is 0 Å². The SMILES string of the molecule is CCNCC(O)COc1ccc(F)c(C)c1. The Morgan fingerprint density at radius 2 is 2.25 bits per heavy atom. The molecule has 0 aliphatic rings. The molecule has 0 bridgehead atoms. The lowest BCUT2D eigenvalue weighted by atomic mass is 10.2. The molecule has 0 aliphatic heterocycles. The molecule has 0 aromatic heterocycles. The van der Waals surface area contributed by atoms with Crippen molar-refractivity contribution in [3.63, 3.8) is 0 Å². The van der Waals surface area contributed by atoms with Crippen LogP contribution in [0.4, 0.5) is 4.39 Å². The fourth-order valence-corrected chi connectivity index (χ4v) is 1.27. The first-order valence-corrected chi connectivity index (χ1v) is 5.41. The van der Waals surface area contributed by atoms with Gasteiger partial charge in [-0.05, 0) is 37.2 Å². The number of halogens is 1. The van der Waals surface area contributed by atoms with Crippen molar-refractivity contribution in [3.05, 3.63) is 29.6 Å². The van der Waals surface area contributed by atoms with Crippen molar-refractivity contribution in [2.24, 2.45) is 0 Å². The van der Waals surface area contributed by atoms with Crippen molar-refractivity contribution in [2.75, 3.05) is 19.7 Å². The maximum atomic E-state index is 12.9. The fraction of sp³-hybridized carbons (Fsp3) is 0.500. The van der Waals surface area contributed by atoms with E-state index >= 15 is 0 Å². The maximum Gasteiger partial charge on any atom is 0.126 e. The molecule has 1 aromatic carbocycles. The van der Waals surface area contributed by atoms with Crippen molar-refractivity contribution < 1.29 is 14.2 Å². The standard InChI is InChI=1S/C12H18FNO2/c1-3-14-7-10(15)8-16-11-4-5-12(13)9(2)6-11/h4-6,10,14-15H,3,7-8H2,1-2H3.